The van der Waals surface area contributed by atoms with E-state index in [9.17, 15) is 18.3 Å². The zero-order valence-electron chi connectivity index (χ0n) is 18.9. The van der Waals surface area contributed by atoms with Crippen LogP contribution in [0.5, 0.6) is 0 Å². The molecule has 2 atom stereocenters. The lowest BCUT2D eigenvalue weighted by atomic mass is 9.89. The van der Waals surface area contributed by atoms with Crippen molar-refractivity contribution in [3.05, 3.63) is 23.7 Å². The van der Waals surface area contributed by atoms with Gasteiger partial charge < -0.3 is 15.7 Å². The van der Waals surface area contributed by atoms with Crippen molar-refractivity contribution in [2.75, 3.05) is 17.2 Å². The second-order valence-corrected chi connectivity index (χ2v) is 10.1. The first-order chi connectivity index (χ1) is 15.4. The molecule has 0 aromatic carbocycles. The van der Waals surface area contributed by atoms with E-state index in [2.05, 4.69) is 25.6 Å². The Morgan fingerprint density at radius 1 is 1.12 bits per heavy atom. The number of aryl methyl sites for hydroxylation is 2. The largest absolute Gasteiger partial charge is 0.405 e. The number of pyridine rings is 1. The summed E-state index contributed by atoms with van der Waals surface area (Å²) in [5.74, 6) is 0.477. The Labute approximate surface area is 193 Å². The van der Waals surface area contributed by atoms with Crippen LogP contribution in [0.15, 0.2) is 12.3 Å². The van der Waals surface area contributed by atoms with Gasteiger partial charge >= 0.3 is 6.18 Å². The Morgan fingerprint density at radius 3 is 2.52 bits per heavy atom. The number of aliphatic hydroxyl groups is 1. The van der Waals surface area contributed by atoms with Crippen molar-refractivity contribution in [1.29, 1.82) is 0 Å². The van der Waals surface area contributed by atoms with E-state index in [1.54, 1.807) is 27.0 Å². The Kier molecular flexibility index (Phi) is 6.21. The molecule has 0 radical (unpaired) electrons. The quantitative estimate of drug-likeness (QED) is 0.452. The van der Waals surface area contributed by atoms with Gasteiger partial charge in [-0.3, -0.25) is 4.98 Å². The number of hydrogen-bond acceptors (Lipinski definition) is 8. The van der Waals surface area contributed by atoms with Crippen molar-refractivity contribution >= 4 is 33.3 Å². The SMILES string of the molecule is Cc1nc(NCC(F)(F)F)nc(NC2CCC(C(C)(C)O)C2)c1-c1nc2c(C)nccc2s1. The molecule has 3 N–H and O–H groups in total. The number of alkyl halides is 3. The summed E-state index contributed by atoms with van der Waals surface area (Å²) in [5, 5.41) is 16.8. The number of nitrogens with one attached hydrogen (secondary N) is 2. The Hall–Kier alpha value is -2.53. The average Bonchev–Trinajstić information content (AvgIpc) is 3.33. The number of nitrogens with zero attached hydrogens (tertiary/aromatic N) is 4. The average molecular weight is 481 g/mol. The highest BCUT2D eigenvalue weighted by Gasteiger charge is 2.35. The third kappa shape index (κ3) is 5.35. The molecular weight excluding hydrogens is 453 g/mol. The lowest BCUT2D eigenvalue weighted by Gasteiger charge is -2.25. The maximum absolute atomic E-state index is 12.8. The number of hydrogen-bond donors (Lipinski definition) is 3. The second-order valence-electron chi connectivity index (χ2n) is 9.09. The summed E-state index contributed by atoms with van der Waals surface area (Å²) in [4.78, 5) is 17.7. The first kappa shape index (κ1) is 23.6. The lowest BCUT2D eigenvalue weighted by molar-refractivity contribution is -0.115. The van der Waals surface area contributed by atoms with Gasteiger partial charge in [0.25, 0.3) is 0 Å². The van der Waals surface area contributed by atoms with Gasteiger partial charge in [0.05, 0.1) is 27.3 Å². The first-order valence-electron chi connectivity index (χ1n) is 10.8. The summed E-state index contributed by atoms with van der Waals surface area (Å²) in [5.41, 5.74) is 1.98. The summed E-state index contributed by atoms with van der Waals surface area (Å²) in [6.07, 6.45) is -0.245. The predicted octanol–water partition coefficient (Wildman–Crippen LogP) is 5.09. The van der Waals surface area contributed by atoms with Crippen molar-refractivity contribution in [1.82, 2.24) is 19.9 Å². The van der Waals surface area contributed by atoms with Crippen LogP contribution in [0.4, 0.5) is 24.9 Å². The molecule has 0 spiro atoms. The molecule has 7 nitrogen and oxygen atoms in total. The number of rotatable bonds is 6. The number of fused-ring (bicyclic) bond motifs is 1. The van der Waals surface area contributed by atoms with Gasteiger partial charge in [-0.25, -0.2) is 9.97 Å². The molecule has 178 valence electrons. The van der Waals surface area contributed by atoms with E-state index < -0.39 is 18.3 Å². The van der Waals surface area contributed by atoms with E-state index >= 15 is 0 Å². The maximum Gasteiger partial charge on any atom is 0.405 e. The molecule has 11 heteroatoms. The molecule has 3 heterocycles. The Bertz CT molecular complexity index is 1160. The molecule has 33 heavy (non-hydrogen) atoms. The monoisotopic (exact) mass is 480 g/mol. The van der Waals surface area contributed by atoms with Gasteiger partial charge in [0, 0.05) is 12.2 Å². The summed E-state index contributed by atoms with van der Waals surface area (Å²) in [7, 11) is 0. The van der Waals surface area contributed by atoms with Crippen LogP contribution < -0.4 is 10.6 Å². The number of thiazole rings is 1. The van der Waals surface area contributed by atoms with Crippen LogP contribution in [-0.2, 0) is 0 Å². The second kappa shape index (κ2) is 8.68. The summed E-state index contributed by atoms with van der Waals surface area (Å²) >= 11 is 1.47. The van der Waals surface area contributed by atoms with Crippen molar-refractivity contribution in [3.8, 4) is 10.6 Å². The smallest absolute Gasteiger partial charge is 0.390 e. The van der Waals surface area contributed by atoms with Crippen molar-refractivity contribution < 1.29 is 18.3 Å². The Morgan fingerprint density at radius 2 is 1.88 bits per heavy atom. The first-order valence-corrected chi connectivity index (χ1v) is 11.6. The summed E-state index contributed by atoms with van der Waals surface area (Å²) in [6.45, 7) is 6.01. The number of anilines is 2. The normalized spacial score (nSPS) is 19.3. The molecular formula is C22H27F3N6OS. The minimum atomic E-state index is -4.38. The van der Waals surface area contributed by atoms with Crippen molar-refractivity contribution in [2.45, 2.75) is 64.8 Å². The molecule has 0 saturated heterocycles. The summed E-state index contributed by atoms with van der Waals surface area (Å²) in [6, 6.07) is 1.92. The van der Waals surface area contributed by atoms with Crippen LogP contribution in [0, 0.1) is 19.8 Å². The van der Waals surface area contributed by atoms with Gasteiger partial charge in [0.2, 0.25) is 5.95 Å². The zero-order chi connectivity index (χ0) is 24.0. The summed E-state index contributed by atoms with van der Waals surface area (Å²) < 4.78 is 39.2. The van der Waals surface area contributed by atoms with Gasteiger partial charge in [0.1, 0.15) is 22.9 Å². The van der Waals surface area contributed by atoms with E-state index in [1.165, 1.54) is 11.3 Å². The van der Waals surface area contributed by atoms with E-state index in [0.717, 1.165) is 35.2 Å². The Balaban J connectivity index is 1.72. The van der Waals surface area contributed by atoms with Gasteiger partial charge in [-0.15, -0.1) is 11.3 Å². The third-order valence-corrected chi connectivity index (χ3v) is 7.05. The predicted molar refractivity (Wildman–Crippen MR) is 124 cm³/mol. The molecule has 0 amide bonds. The highest BCUT2D eigenvalue weighted by Crippen LogP contribution is 2.40. The molecule has 0 bridgehead atoms. The minimum absolute atomic E-state index is 0.0303. The van der Waals surface area contributed by atoms with Crippen LogP contribution in [0.1, 0.15) is 44.5 Å². The maximum atomic E-state index is 12.8. The van der Waals surface area contributed by atoms with Crippen LogP contribution in [0.25, 0.3) is 20.8 Å². The van der Waals surface area contributed by atoms with Crippen LogP contribution in [0.2, 0.25) is 0 Å². The zero-order valence-corrected chi connectivity index (χ0v) is 19.7. The van der Waals surface area contributed by atoms with Crippen LogP contribution >= 0.6 is 11.3 Å². The molecule has 3 aromatic rings. The van der Waals surface area contributed by atoms with Gasteiger partial charge in [-0.2, -0.15) is 18.2 Å². The van der Waals surface area contributed by atoms with Crippen LogP contribution in [-0.4, -0.2) is 49.4 Å². The standard InChI is InChI=1S/C22H27F3N6OS/c1-11-16(19-30-17-12(2)26-8-7-15(17)33-19)18(31-20(28-11)27-10-22(23,24)25)29-14-6-5-13(9-14)21(3,4)32/h7-8,13-14,32H,5-6,9-10H2,1-4H3,(H2,27,28,29,31). The van der Waals surface area contributed by atoms with Crippen molar-refractivity contribution in [2.24, 2.45) is 5.92 Å². The molecule has 1 aliphatic carbocycles. The fraction of sp³-hybridized carbons (Fsp3) is 0.545. The van der Waals surface area contributed by atoms with Crippen molar-refractivity contribution in [3.63, 3.8) is 0 Å². The molecule has 4 rings (SSSR count). The molecule has 3 aromatic heterocycles. The minimum Gasteiger partial charge on any atom is -0.390 e. The number of halogens is 3. The van der Waals surface area contributed by atoms with E-state index in [0.29, 0.717) is 22.1 Å². The number of aromatic nitrogens is 4. The lowest BCUT2D eigenvalue weighted by Crippen LogP contribution is -2.30. The topological polar surface area (TPSA) is 95.9 Å². The van der Waals surface area contributed by atoms with E-state index in [4.69, 9.17) is 4.98 Å². The van der Waals surface area contributed by atoms with Gasteiger partial charge in [-0.05, 0) is 58.9 Å². The van der Waals surface area contributed by atoms with Crippen LogP contribution in [0.3, 0.4) is 0 Å². The molecule has 1 fully saturated rings. The highest BCUT2D eigenvalue weighted by atomic mass is 32.1. The van der Waals surface area contributed by atoms with Gasteiger partial charge in [0.15, 0.2) is 0 Å². The van der Waals surface area contributed by atoms with E-state index in [-0.39, 0.29) is 17.9 Å². The molecule has 2 unspecified atom stereocenters. The molecule has 0 aliphatic heterocycles. The third-order valence-electron chi connectivity index (χ3n) is 6.01. The fourth-order valence-corrected chi connectivity index (χ4v) is 5.34. The molecule has 1 aliphatic rings. The highest BCUT2D eigenvalue weighted by molar-refractivity contribution is 7.21. The van der Waals surface area contributed by atoms with E-state index in [1.807, 2.05) is 13.0 Å². The van der Waals surface area contributed by atoms with Gasteiger partial charge in [-0.1, -0.05) is 0 Å². The molecule has 1 saturated carbocycles. The fourth-order valence-electron chi connectivity index (χ4n) is 4.23.